The van der Waals surface area contributed by atoms with Gasteiger partial charge in [0.15, 0.2) is 0 Å². The van der Waals surface area contributed by atoms with E-state index >= 15 is 0 Å². The number of carbonyl (C=O) groups excluding carboxylic acids is 1. The van der Waals surface area contributed by atoms with Crippen LogP contribution in [0.3, 0.4) is 0 Å². The summed E-state index contributed by atoms with van der Waals surface area (Å²) >= 11 is 0. The highest BCUT2D eigenvalue weighted by Crippen LogP contribution is 2.29. The van der Waals surface area contributed by atoms with E-state index in [1.165, 1.54) is 6.20 Å². The first kappa shape index (κ1) is 21.7. The maximum absolute atomic E-state index is 12.5. The van der Waals surface area contributed by atoms with Gasteiger partial charge in [0.1, 0.15) is 0 Å². The summed E-state index contributed by atoms with van der Waals surface area (Å²) in [5.41, 5.74) is 3.04. The van der Waals surface area contributed by atoms with Gasteiger partial charge in [0.2, 0.25) is 15.9 Å². The molecule has 1 amide bonds. The van der Waals surface area contributed by atoms with Crippen molar-refractivity contribution in [3.05, 3.63) is 66.2 Å². The molecule has 0 aliphatic heterocycles. The van der Waals surface area contributed by atoms with Crippen molar-refractivity contribution < 1.29 is 17.9 Å². The maximum atomic E-state index is 12.5. The Kier molecular flexibility index (Phi) is 6.31. The fraction of sp³-hybridized carbons (Fsp3) is 0.273. The molecule has 1 saturated carbocycles. The van der Waals surface area contributed by atoms with Gasteiger partial charge >= 0.3 is 0 Å². The van der Waals surface area contributed by atoms with E-state index in [1.807, 2.05) is 6.92 Å². The summed E-state index contributed by atoms with van der Waals surface area (Å²) in [7, 11) is -3.36. The molecule has 1 aromatic carbocycles. The number of hydrogen-bond acceptors (Lipinski definition) is 7. The summed E-state index contributed by atoms with van der Waals surface area (Å²) in [5.74, 6) is 0.191. The predicted octanol–water partition coefficient (Wildman–Crippen LogP) is 2.77. The second kappa shape index (κ2) is 9.31. The van der Waals surface area contributed by atoms with E-state index in [-0.39, 0.29) is 17.7 Å². The summed E-state index contributed by atoms with van der Waals surface area (Å²) in [6, 6.07) is 8.67. The fourth-order valence-electron chi connectivity index (χ4n) is 3.05. The number of rotatable bonds is 9. The lowest BCUT2D eigenvalue weighted by Gasteiger charge is -2.09. The molecule has 10 heteroatoms. The standard InChI is InChI=1S/C22H23N5O4S/c1-2-31-21-14-24-13-20(26-21)16-3-5-17(6-4-16)22(28)25-11-15-9-18(12-23-10-15)27-32(29,30)19-7-8-19/h3-6,9-10,12-14,19,27H,2,7-8,11H2,1H3,(H,25,28). The van der Waals surface area contributed by atoms with Crippen LogP contribution in [-0.2, 0) is 16.6 Å². The van der Waals surface area contributed by atoms with Crippen LogP contribution in [0.25, 0.3) is 11.3 Å². The number of nitrogens with one attached hydrogen (secondary N) is 2. The first-order valence-electron chi connectivity index (χ1n) is 10.2. The Morgan fingerprint density at radius 3 is 2.56 bits per heavy atom. The van der Waals surface area contributed by atoms with Crippen LogP contribution in [0.2, 0.25) is 0 Å². The summed E-state index contributed by atoms with van der Waals surface area (Å²) in [5, 5.41) is 2.50. The van der Waals surface area contributed by atoms with Crippen molar-refractivity contribution in [2.24, 2.45) is 0 Å². The molecule has 0 unspecified atom stereocenters. The summed E-state index contributed by atoms with van der Waals surface area (Å²) in [6.45, 7) is 2.59. The van der Waals surface area contributed by atoms with Crippen molar-refractivity contribution in [3.63, 3.8) is 0 Å². The lowest BCUT2D eigenvalue weighted by atomic mass is 10.1. The minimum atomic E-state index is -3.36. The highest BCUT2D eigenvalue weighted by atomic mass is 32.2. The third kappa shape index (κ3) is 5.38. The third-order valence-electron chi connectivity index (χ3n) is 4.82. The number of hydrogen-bond donors (Lipinski definition) is 2. The van der Waals surface area contributed by atoms with Crippen molar-refractivity contribution >= 4 is 21.6 Å². The van der Waals surface area contributed by atoms with Crippen molar-refractivity contribution in [2.75, 3.05) is 11.3 Å². The summed E-state index contributed by atoms with van der Waals surface area (Å²) < 4.78 is 32.1. The SMILES string of the molecule is CCOc1cncc(-c2ccc(C(=O)NCc3cncc(NS(=O)(=O)C4CC4)c3)cc2)n1. The second-order valence-corrected chi connectivity index (χ2v) is 9.32. The van der Waals surface area contributed by atoms with Gasteiger partial charge < -0.3 is 10.1 Å². The number of carbonyl (C=O) groups is 1. The first-order chi connectivity index (χ1) is 15.4. The zero-order valence-electron chi connectivity index (χ0n) is 17.5. The molecule has 32 heavy (non-hydrogen) atoms. The Labute approximate surface area is 186 Å². The van der Waals surface area contributed by atoms with Gasteiger partial charge in [-0.05, 0) is 43.5 Å². The van der Waals surface area contributed by atoms with Crippen molar-refractivity contribution in [1.82, 2.24) is 20.3 Å². The number of amides is 1. The van der Waals surface area contributed by atoms with Gasteiger partial charge in [0, 0.05) is 23.9 Å². The van der Waals surface area contributed by atoms with E-state index in [4.69, 9.17) is 4.74 Å². The molecular formula is C22H23N5O4S. The lowest BCUT2D eigenvalue weighted by molar-refractivity contribution is 0.0951. The molecule has 4 rings (SSSR count). The Bertz CT molecular complexity index is 1210. The van der Waals surface area contributed by atoms with Crippen LogP contribution in [0.1, 0.15) is 35.7 Å². The van der Waals surface area contributed by atoms with Crippen LogP contribution in [0, 0.1) is 0 Å². The maximum Gasteiger partial charge on any atom is 0.251 e. The quantitative estimate of drug-likeness (QED) is 0.511. The first-order valence-corrected chi connectivity index (χ1v) is 11.8. The molecule has 1 aliphatic carbocycles. The molecule has 3 aromatic rings. The molecule has 1 aliphatic rings. The largest absolute Gasteiger partial charge is 0.477 e. The van der Waals surface area contributed by atoms with Crippen molar-refractivity contribution in [2.45, 2.75) is 31.6 Å². The van der Waals surface area contributed by atoms with Crippen LogP contribution >= 0.6 is 0 Å². The van der Waals surface area contributed by atoms with Crippen LogP contribution < -0.4 is 14.8 Å². The van der Waals surface area contributed by atoms with Crippen molar-refractivity contribution in [1.29, 1.82) is 0 Å². The zero-order valence-corrected chi connectivity index (χ0v) is 18.3. The number of ether oxygens (including phenoxy) is 1. The van der Waals surface area contributed by atoms with E-state index in [0.717, 1.165) is 5.56 Å². The Hall–Kier alpha value is -3.53. The van der Waals surface area contributed by atoms with E-state index in [2.05, 4.69) is 25.0 Å². The van der Waals surface area contributed by atoms with E-state index < -0.39 is 10.0 Å². The van der Waals surface area contributed by atoms with E-state index in [9.17, 15) is 13.2 Å². The Morgan fingerprint density at radius 2 is 1.84 bits per heavy atom. The molecule has 0 radical (unpaired) electrons. The number of nitrogens with zero attached hydrogens (tertiary/aromatic N) is 3. The normalized spacial score (nSPS) is 13.4. The number of anilines is 1. The average Bonchev–Trinajstić information content (AvgIpc) is 3.64. The van der Waals surface area contributed by atoms with E-state index in [0.29, 0.717) is 47.8 Å². The van der Waals surface area contributed by atoms with Crippen molar-refractivity contribution in [3.8, 4) is 17.1 Å². The van der Waals surface area contributed by atoms with Gasteiger partial charge in [-0.2, -0.15) is 0 Å². The Morgan fingerprint density at radius 1 is 1.09 bits per heavy atom. The highest BCUT2D eigenvalue weighted by molar-refractivity contribution is 7.93. The van der Waals surface area contributed by atoms with Crippen LogP contribution in [-0.4, -0.2) is 41.1 Å². The predicted molar refractivity (Wildman–Crippen MR) is 120 cm³/mol. The topological polar surface area (TPSA) is 123 Å². The minimum absolute atomic E-state index is 0.217. The number of benzene rings is 1. The molecule has 2 heterocycles. The van der Waals surface area contributed by atoms with Crippen LogP contribution in [0.15, 0.2) is 55.1 Å². The smallest absolute Gasteiger partial charge is 0.251 e. The zero-order chi connectivity index (χ0) is 22.6. The molecule has 166 valence electrons. The molecule has 0 bridgehead atoms. The molecule has 2 aromatic heterocycles. The fourth-order valence-corrected chi connectivity index (χ4v) is 4.41. The molecule has 9 nitrogen and oxygen atoms in total. The van der Waals surface area contributed by atoms with Gasteiger partial charge in [0.05, 0.1) is 41.8 Å². The highest BCUT2D eigenvalue weighted by Gasteiger charge is 2.35. The summed E-state index contributed by atoms with van der Waals surface area (Å²) in [6.07, 6.45) is 7.59. The molecular weight excluding hydrogens is 430 g/mol. The summed E-state index contributed by atoms with van der Waals surface area (Å²) in [4.78, 5) is 25.1. The van der Waals surface area contributed by atoms with Crippen LogP contribution in [0.5, 0.6) is 5.88 Å². The molecule has 0 saturated heterocycles. The monoisotopic (exact) mass is 453 g/mol. The number of aromatic nitrogens is 3. The second-order valence-electron chi connectivity index (χ2n) is 7.36. The molecule has 0 spiro atoms. The lowest BCUT2D eigenvalue weighted by Crippen LogP contribution is -2.23. The van der Waals surface area contributed by atoms with Gasteiger partial charge in [-0.15, -0.1) is 0 Å². The van der Waals surface area contributed by atoms with Gasteiger partial charge in [-0.3, -0.25) is 19.5 Å². The van der Waals surface area contributed by atoms with Gasteiger partial charge in [-0.1, -0.05) is 12.1 Å². The third-order valence-corrected chi connectivity index (χ3v) is 6.69. The van der Waals surface area contributed by atoms with Gasteiger partial charge in [-0.25, -0.2) is 13.4 Å². The number of sulfonamides is 1. The Balaban J connectivity index is 1.37. The minimum Gasteiger partial charge on any atom is -0.477 e. The van der Waals surface area contributed by atoms with Gasteiger partial charge in [0.25, 0.3) is 5.91 Å². The van der Waals surface area contributed by atoms with Crippen LogP contribution in [0.4, 0.5) is 5.69 Å². The average molecular weight is 454 g/mol. The molecule has 2 N–H and O–H groups in total. The molecule has 0 atom stereocenters. The molecule has 1 fully saturated rings. The number of pyridine rings is 1. The van der Waals surface area contributed by atoms with E-state index in [1.54, 1.807) is 48.9 Å².